The predicted octanol–water partition coefficient (Wildman–Crippen LogP) is -1.61. The molecule has 0 aliphatic carbocycles. The van der Waals surface area contributed by atoms with E-state index in [1.807, 2.05) is 0 Å². The van der Waals surface area contributed by atoms with Gasteiger partial charge in [0, 0.05) is 24.1 Å². The fourth-order valence-corrected chi connectivity index (χ4v) is 2.38. The monoisotopic (exact) mass is 386 g/mol. The van der Waals surface area contributed by atoms with Crippen LogP contribution in [-0.2, 0) is 20.8 Å². The molecule has 1 rings (SSSR count). The van der Waals surface area contributed by atoms with Crippen molar-refractivity contribution in [1.82, 2.24) is 20.6 Å². The second kappa shape index (κ2) is 11.5. The van der Waals surface area contributed by atoms with E-state index in [4.69, 9.17) is 11.5 Å². The summed E-state index contributed by atoms with van der Waals surface area (Å²) in [6.07, 6.45) is 4.54. The molecule has 1 aromatic rings. The van der Waals surface area contributed by atoms with E-state index in [2.05, 4.69) is 33.2 Å². The van der Waals surface area contributed by atoms with Crippen molar-refractivity contribution in [2.75, 3.05) is 12.3 Å². The molecule has 1 heterocycles. The highest BCUT2D eigenvalue weighted by atomic mass is 32.1. The number of carboxylic acids is 1. The third kappa shape index (κ3) is 7.42. The van der Waals surface area contributed by atoms with Crippen LogP contribution in [0, 0.1) is 0 Å². The summed E-state index contributed by atoms with van der Waals surface area (Å²) in [6, 6.07) is -2.91. The zero-order chi connectivity index (χ0) is 19.5. The number of rotatable bonds is 12. The second-order valence-corrected chi connectivity index (χ2v) is 6.18. The smallest absolute Gasteiger partial charge is 0.326 e. The average molecular weight is 386 g/mol. The second-order valence-electron chi connectivity index (χ2n) is 5.82. The number of thiol groups is 1. The van der Waals surface area contributed by atoms with Crippen LogP contribution in [0.5, 0.6) is 0 Å². The van der Waals surface area contributed by atoms with E-state index in [0.29, 0.717) is 31.5 Å². The van der Waals surface area contributed by atoms with Crippen molar-refractivity contribution in [2.24, 2.45) is 11.5 Å². The normalized spacial score (nSPS) is 14.3. The van der Waals surface area contributed by atoms with Crippen molar-refractivity contribution in [3.8, 4) is 0 Å². The molecule has 26 heavy (non-hydrogen) atoms. The van der Waals surface area contributed by atoms with Gasteiger partial charge in [0.2, 0.25) is 11.8 Å². The molecule has 3 unspecified atom stereocenters. The van der Waals surface area contributed by atoms with E-state index in [1.165, 1.54) is 12.5 Å². The summed E-state index contributed by atoms with van der Waals surface area (Å²) < 4.78 is 0. The van der Waals surface area contributed by atoms with Gasteiger partial charge in [-0.2, -0.15) is 12.6 Å². The number of nitrogens with zero attached hydrogens (tertiary/aromatic N) is 1. The van der Waals surface area contributed by atoms with Gasteiger partial charge in [0.05, 0.1) is 12.4 Å². The Morgan fingerprint density at radius 3 is 2.46 bits per heavy atom. The molecule has 0 spiro atoms. The molecule has 0 saturated carbocycles. The maximum absolute atomic E-state index is 12.5. The largest absolute Gasteiger partial charge is 0.480 e. The van der Waals surface area contributed by atoms with Crippen LogP contribution in [0.25, 0.3) is 0 Å². The van der Waals surface area contributed by atoms with E-state index in [9.17, 15) is 19.5 Å². The van der Waals surface area contributed by atoms with E-state index in [-0.39, 0.29) is 12.2 Å². The van der Waals surface area contributed by atoms with Crippen LogP contribution in [0.3, 0.4) is 0 Å². The molecule has 8 N–H and O–H groups in total. The van der Waals surface area contributed by atoms with E-state index < -0.39 is 35.9 Å². The molecular weight excluding hydrogens is 360 g/mol. The first kappa shape index (κ1) is 21.9. The number of aliphatic carboxylic acids is 1. The van der Waals surface area contributed by atoms with Crippen molar-refractivity contribution >= 4 is 30.4 Å². The molecule has 3 atom stereocenters. The molecular formula is C15H26N6O4S. The third-order valence-corrected chi connectivity index (χ3v) is 4.10. The van der Waals surface area contributed by atoms with Crippen molar-refractivity contribution in [3.05, 3.63) is 18.2 Å². The van der Waals surface area contributed by atoms with Gasteiger partial charge in [-0.3, -0.25) is 9.59 Å². The summed E-state index contributed by atoms with van der Waals surface area (Å²) >= 11 is 3.96. The van der Waals surface area contributed by atoms with Crippen molar-refractivity contribution in [1.29, 1.82) is 0 Å². The number of aromatic nitrogens is 2. The van der Waals surface area contributed by atoms with Crippen molar-refractivity contribution in [3.63, 3.8) is 0 Å². The number of unbranched alkanes of at least 4 members (excludes halogenated alkanes) is 1. The third-order valence-electron chi connectivity index (χ3n) is 3.71. The van der Waals surface area contributed by atoms with Gasteiger partial charge in [-0.1, -0.05) is 0 Å². The molecule has 2 amide bonds. The van der Waals surface area contributed by atoms with Gasteiger partial charge >= 0.3 is 5.97 Å². The number of hydrogen-bond donors (Lipinski definition) is 7. The molecule has 0 aromatic carbocycles. The number of carbonyl (C=O) groups is 3. The van der Waals surface area contributed by atoms with Crippen LogP contribution < -0.4 is 22.1 Å². The van der Waals surface area contributed by atoms with E-state index in [1.54, 1.807) is 0 Å². The molecule has 1 aromatic heterocycles. The number of aromatic amines is 1. The minimum Gasteiger partial charge on any atom is -0.480 e. The number of nitrogens with two attached hydrogens (primary N) is 2. The van der Waals surface area contributed by atoms with Gasteiger partial charge in [0.1, 0.15) is 12.1 Å². The topological polar surface area (TPSA) is 176 Å². The fourth-order valence-electron chi connectivity index (χ4n) is 2.21. The van der Waals surface area contributed by atoms with Crippen molar-refractivity contribution in [2.45, 2.75) is 43.8 Å². The lowest BCUT2D eigenvalue weighted by atomic mass is 10.1. The van der Waals surface area contributed by atoms with E-state index in [0.717, 1.165) is 0 Å². The van der Waals surface area contributed by atoms with Gasteiger partial charge < -0.3 is 32.2 Å². The highest BCUT2D eigenvalue weighted by molar-refractivity contribution is 7.80. The number of carboxylic acid groups (broad SMARTS) is 1. The number of H-pyrrole nitrogens is 1. The van der Waals surface area contributed by atoms with Gasteiger partial charge in [-0.15, -0.1) is 0 Å². The standard InChI is InChI=1S/C15H26N6O4S/c16-4-2-1-3-11(20-13(22)10(17)7-26)14(23)21-12(15(24)25)5-9-6-18-8-19-9/h6,8,10-12,26H,1-5,7,16-17H2,(H,18,19)(H,20,22)(H,21,23)(H,24,25). The number of hydrogen-bond acceptors (Lipinski definition) is 7. The summed E-state index contributed by atoms with van der Waals surface area (Å²) in [4.78, 5) is 42.5. The van der Waals surface area contributed by atoms with Crippen LogP contribution in [0.15, 0.2) is 12.5 Å². The number of carbonyl (C=O) groups excluding carboxylic acids is 2. The molecule has 0 saturated heterocycles. The van der Waals surface area contributed by atoms with Gasteiger partial charge in [-0.05, 0) is 25.8 Å². The highest BCUT2D eigenvalue weighted by Gasteiger charge is 2.27. The Kier molecular flexibility index (Phi) is 9.70. The first-order valence-electron chi connectivity index (χ1n) is 8.26. The predicted molar refractivity (Wildman–Crippen MR) is 98.5 cm³/mol. The lowest BCUT2D eigenvalue weighted by molar-refractivity contribution is -0.142. The van der Waals surface area contributed by atoms with E-state index >= 15 is 0 Å². The lowest BCUT2D eigenvalue weighted by Gasteiger charge is -2.22. The Balaban J connectivity index is 2.76. The quantitative estimate of drug-likeness (QED) is 0.167. The zero-order valence-electron chi connectivity index (χ0n) is 14.4. The number of nitrogens with one attached hydrogen (secondary N) is 3. The summed E-state index contributed by atoms with van der Waals surface area (Å²) in [5.41, 5.74) is 11.6. The number of imidazole rings is 1. The summed E-state index contributed by atoms with van der Waals surface area (Å²) in [6.45, 7) is 0.454. The minimum atomic E-state index is -1.19. The van der Waals surface area contributed by atoms with Crippen LogP contribution in [0.4, 0.5) is 0 Å². The minimum absolute atomic E-state index is 0.0424. The molecule has 10 nitrogen and oxygen atoms in total. The molecule has 0 fully saturated rings. The summed E-state index contributed by atoms with van der Waals surface area (Å²) in [7, 11) is 0. The highest BCUT2D eigenvalue weighted by Crippen LogP contribution is 2.05. The Bertz CT molecular complexity index is 583. The number of amides is 2. The average Bonchev–Trinajstić information content (AvgIpc) is 3.12. The van der Waals surface area contributed by atoms with Crippen LogP contribution >= 0.6 is 12.6 Å². The maximum Gasteiger partial charge on any atom is 0.326 e. The molecule has 11 heteroatoms. The Hall–Kier alpha value is -2.11. The molecule has 0 bridgehead atoms. The lowest BCUT2D eigenvalue weighted by Crippen LogP contribution is -2.55. The Morgan fingerprint density at radius 1 is 1.23 bits per heavy atom. The molecule has 0 aliphatic heterocycles. The first-order valence-corrected chi connectivity index (χ1v) is 8.89. The first-order chi connectivity index (χ1) is 12.4. The van der Waals surface area contributed by atoms with Gasteiger partial charge in [-0.25, -0.2) is 9.78 Å². The molecule has 146 valence electrons. The zero-order valence-corrected chi connectivity index (χ0v) is 15.2. The maximum atomic E-state index is 12.5. The Morgan fingerprint density at radius 2 is 1.92 bits per heavy atom. The molecule has 0 radical (unpaired) electrons. The van der Waals surface area contributed by atoms with Crippen LogP contribution in [0.2, 0.25) is 0 Å². The van der Waals surface area contributed by atoms with Gasteiger partial charge in [0.15, 0.2) is 0 Å². The summed E-state index contributed by atoms with van der Waals surface area (Å²) in [5, 5.41) is 14.3. The molecule has 0 aliphatic rings. The van der Waals surface area contributed by atoms with Gasteiger partial charge in [0.25, 0.3) is 0 Å². The van der Waals surface area contributed by atoms with Crippen molar-refractivity contribution < 1.29 is 19.5 Å². The van der Waals surface area contributed by atoms with Crippen LogP contribution in [-0.4, -0.2) is 63.3 Å². The summed E-state index contributed by atoms with van der Waals surface area (Å²) in [5.74, 6) is -2.17. The van der Waals surface area contributed by atoms with Crippen LogP contribution in [0.1, 0.15) is 25.0 Å². The Labute approximate surface area is 156 Å². The fraction of sp³-hybridized carbons (Fsp3) is 0.600. The SMILES string of the molecule is NCCCCC(NC(=O)C(N)CS)C(=O)NC(Cc1cnc[nH]1)C(=O)O.